The molecular formula is C59H76O32. The lowest BCUT2D eigenvalue weighted by Gasteiger charge is -2.42. The van der Waals surface area contributed by atoms with Gasteiger partial charge in [0.1, 0.15) is 85.6 Å². The van der Waals surface area contributed by atoms with Crippen LogP contribution in [0.4, 0.5) is 0 Å². The number of allylic oxidation sites excluding steroid dienone is 3. The lowest BCUT2D eigenvalue weighted by molar-refractivity contribution is -0.328. The monoisotopic (exact) mass is 1300 g/mol. The van der Waals surface area contributed by atoms with Crippen LogP contribution in [0.1, 0.15) is 45.6 Å². The molecule has 0 amide bonds. The van der Waals surface area contributed by atoms with Crippen LogP contribution in [0.15, 0.2) is 94.7 Å². The largest absolute Gasteiger partial charge is 0.468 e. The Morgan fingerprint density at radius 2 is 0.791 bits per heavy atom. The molecule has 32 nitrogen and oxygen atoms in total. The number of methoxy groups -OCH3 is 3. The molecule has 3 fully saturated rings. The second-order valence-electron chi connectivity index (χ2n) is 21.3. The maximum Gasteiger partial charge on any atom is 0.337 e. The molecule has 1 aromatic carbocycles. The second kappa shape index (κ2) is 32.7. The summed E-state index contributed by atoms with van der Waals surface area (Å²) >= 11 is 0. The summed E-state index contributed by atoms with van der Waals surface area (Å²) in [6, 6.07) is 6.12. The Kier molecular flexibility index (Phi) is 25.7. The average molecular weight is 1300 g/mol. The molecular weight excluding hydrogens is 1220 g/mol. The van der Waals surface area contributed by atoms with Gasteiger partial charge >= 0.3 is 35.8 Å². The molecule has 32 heteroatoms. The van der Waals surface area contributed by atoms with E-state index in [2.05, 4.69) is 0 Å². The molecule has 21 atom stereocenters. The van der Waals surface area contributed by atoms with Crippen LogP contribution in [0, 0.1) is 17.8 Å². The van der Waals surface area contributed by atoms with Crippen LogP contribution in [0.2, 0.25) is 0 Å². The number of hydrogen-bond donors (Lipinski definition) is 11. The van der Waals surface area contributed by atoms with E-state index in [-0.39, 0.29) is 52.2 Å². The Morgan fingerprint density at radius 3 is 1.14 bits per heavy atom. The molecule has 6 heterocycles. The summed E-state index contributed by atoms with van der Waals surface area (Å²) in [6.45, 7) is 2.14. The van der Waals surface area contributed by atoms with Crippen LogP contribution in [0.5, 0.6) is 5.75 Å². The summed E-state index contributed by atoms with van der Waals surface area (Å²) in [5.41, 5.74) is 0.644. The first-order chi connectivity index (χ1) is 43.5. The highest BCUT2D eigenvalue weighted by Crippen LogP contribution is 2.40. The predicted molar refractivity (Wildman–Crippen MR) is 296 cm³/mol. The van der Waals surface area contributed by atoms with Crippen molar-refractivity contribution in [3.8, 4) is 5.75 Å². The van der Waals surface area contributed by atoms with Gasteiger partial charge in [-0.2, -0.15) is 0 Å². The number of ether oxygens (including phenoxy) is 15. The number of aliphatic hydroxyl groups is 11. The Balaban J connectivity index is 0.931. The fourth-order valence-electron chi connectivity index (χ4n) is 10.7. The van der Waals surface area contributed by atoms with Gasteiger partial charge in [0.2, 0.25) is 18.9 Å². The first-order valence-electron chi connectivity index (χ1n) is 28.7. The van der Waals surface area contributed by atoms with E-state index in [4.69, 9.17) is 71.1 Å². The maximum atomic E-state index is 13.6. The zero-order valence-corrected chi connectivity index (χ0v) is 50.0. The molecule has 0 saturated carbocycles. The number of esters is 6. The van der Waals surface area contributed by atoms with Crippen LogP contribution in [-0.4, -0.2) is 251 Å². The molecule has 504 valence electrons. The van der Waals surface area contributed by atoms with E-state index in [1.165, 1.54) is 44.2 Å². The zero-order chi connectivity index (χ0) is 66.5. The van der Waals surface area contributed by atoms with Crippen LogP contribution < -0.4 is 4.74 Å². The van der Waals surface area contributed by atoms with Crippen molar-refractivity contribution in [2.45, 2.75) is 157 Å². The zero-order valence-electron chi connectivity index (χ0n) is 50.0. The number of carbonyl (C=O) groups excluding carboxylic acids is 6. The molecule has 3 saturated heterocycles. The molecule has 7 rings (SSSR count). The van der Waals surface area contributed by atoms with Gasteiger partial charge in [-0.15, -0.1) is 0 Å². The lowest BCUT2D eigenvalue weighted by Crippen LogP contribution is -2.60. The SMILES string of the molecule is C/C=C1\[C@H](O[C@@H]2O[C@H](CO)[C@@H](O)[C@H](O)[C@H]2O)OC=C(C(=O)OC)[C@H]1CC(=O)OC[C@H]1O[C@@H](O[C@@H]2OC=C(C(=O)OC)[C@@H](CC(=O)OCCc3ccc(OC(=O)C[C@@H]4C(C(=O)OC)=CO[C@@H](O[C@@H]5O[C@H](CO)[C@@H](O)[C@H](O)[C@H]5O)/C4=C\C)cc3)/C2=C\C)[C@H](O)[C@@H](O)[C@@H]1O. The molecule has 6 aliphatic rings. The third kappa shape index (κ3) is 16.7. The Bertz CT molecular complexity index is 2900. The van der Waals surface area contributed by atoms with Crippen LogP contribution in [0.3, 0.4) is 0 Å². The highest BCUT2D eigenvalue weighted by molar-refractivity contribution is 5.92. The van der Waals surface area contributed by atoms with Crippen molar-refractivity contribution in [1.82, 2.24) is 0 Å². The third-order valence-electron chi connectivity index (χ3n) is 15.8. The van der Waals surface area contributed by atoms with Crippen molar-refractivity contribution in [2.75, 3.05) is 47.8 Å². The van der Waals surface area contributed by atoms with E-state index in [9.17, 15) is 84.9 Å². The molecule has 0 unspecified atom stereocenters. The molecule has 0 radical (unpaired) electrons. The van der Waals surface area contributed by atoms with Crippen molar-refractivity contribution >= 4 is 35.8 Å². The number of aliphatic hydroxyl groups excluding tert-OH is 11. The Labute approximate surface area is 519 Å². The van der Waals surface area contributed by atoms with E-state index < -0.39 is 204 Å². The normalized spacial score (nSPS) is 35.5. The van der Waals surface area contributed by atoms with Gasteiger partial charge in [-0.1, -0.05) is 30.4 Å². The van der Waals surface area contributed by atoms with E-state index >= 15 is 0 Å². The minimum absolute atomic E-state index is 0.0851. The smallest absolute Gasteiger partial charge is 0.337 e. The predicted octanol–water partition coefficient (Wildman–Crippen LogP) is -3.22. The molecule has 6 aliphatic heterocycles. The van der Waals surface area contributed by atoms with Crippen molar-refractivity contribution in [1.29, 1.82) is 0 Å². The summed E-state index contributed by atoms with van der Waals surface area (Å²) in [7, 11) is 3.29. The lowest BCUT2D eigenvalue weighted by atomic mass is 9.86. The average Bonchev–Trinajstić information content (AvgIpc) is 1.13. The molecule has 1 aromatic rings. The summed E-state index contributed by atoms with van der Waals surface area (Å²) in [6.07, 6.45) is -24.3. The van der Waals surface area contributed by atoms with Gasteiger partial charge in [0, 0.05) is 40.9 Å². The number of hydrogen-bond acceptors (Lipinski definition) is 32. The van der Waals surface area contributed by atoms with Crippen molar-refractivity contribution in [3.63, 3.8) is 0 Å². The minimum Gasteiger partial charge on any atom is -0.468 e. The standard InChI is InChI=1S/C59H76O32/c1-7-27-30(16-39(62)80-15-14-25-10-12-26(13-11-25)85-41(64)18-32-29(9-3)56(84-23-35(32)53(76)79-6)90-58-49(72)46(69)43(66)37(20-61)87-58)33(51(74)77-4)21-83-55(27)91-59-50(73)47(70)44(67)38(88-59)24-81-40(63)17-31-28(8-2)54(82-22-34(31)52(75)78-5)89-57-48(71)45(68)42(65)36(19-60)86-57/h7-13,21-23,30-32,36-38,42-50,54-61,65-73H,14-20,24H2,1-6H3/b27-7+,28-8-,29-9-/t30-,31-,32-,36+,37+,38+,42+,43+,44+,45-,46-,47-,48+,49+,50+,54-,55-,56-,57-,58-,59-/m0/s1. The highest BCUT2D eigenvalue weighted by Gasteiger charge is 2.51. The number of rotatable bonds is 23. The summed E-state index contributed by atoms with van der Waals surface area (Å²) in [5, 5.41) is 115. The summed E-state index contributed by atoms with van der Waals surface area (Å²) in [5.74, 6) is -8.58. The van der Waals surface area contributed by atoms with E-state index in [0.717, 1.165) is 40.1 Å². The minimum atomic E-state index is -1.98. The number of benzene rings is 1. The second-order valence-corrected chi connectivity index (χ2v) is 21.3. The first kappa shape index (κ1) is 71.6. The van der Waals surface area contributed by atoms with Crippen LogP contribution >= 0.6 is 0 Å². The Morgan fingerprint density at radius 1 is 0.451 bits per heavy atom. The molecule has 0 bridgehead atoms. The summed E-state index contributed by atoms with van der Waals surface area (Å²) < 4.78 is 82.6. The topological polar surface area (TPSA) is 463 Å². The van der Waals surface area contributed by atoms with Gasteiger partial charge in [0.05, 0.1) is 95.9 Å². The number of carbonyl (C=O) groups is 6. The van der Waals surface area contributed by atoms with Crippen LogP contribution in [0.25, 0.3) is 0 Å². The highest BCUT2D eigenvalue weighted by atomic mass is 16.8. The van der Waals surface area contributed by atoms with Crippen molar-refractivity contribution < 1.29 is 156 Å². The molecule has 0 spiro atoms. The van der Waals surface area contributed by atoms with Gasteiger partial charge in [0.15, 0.2) is 18.9 Å². The first-order valence-corrected chi connectivity index (χ1v) is 28.7. The van der Waals surface area contributed by atoms with Gasteiger partial charge in [0.25, 0.3) is 0 Å². The molecule has 0 aliphatic carbocycles. The van der Waals surface area contributed by atoms with E-state index in [1.54, 1.807) is 19.1 Å². The van der Waals surface area contributed by atoms with Gasteiger partial charge in [-0.25, -0.2) is 14.4 Å². The molecule has 0 aromatic heterocycles. The fourth-order valence-corrected chi connectivity index (χ4v) is 10.7. The molecule has 91 heavy (non-hydrogen) atoms. The van der Waals surface area contributed by atoms with Crippen molar-refractivity contribution in [2.24, 2.45) is 17.8 Å². The van der Waals surface area contributed by atoms with Gasteiger partial charge in [-0.05, 0) is 38.5 Å². The molecule has 11 N–H and O–H groups in total. The maximum absolute atomic E-state index is 13.6. The quantitative estimate of drug-likeness (QED) is 0.0222. The summed E-state index contributed by atoms with van der Waals surface area (Å²) in [4.78, 5) is 79.4. The van der Waals surface area contributed by atoms with Crippen LogP contribution in [-0.2, 0) is 102 Å². The van der Waals surface area contributed by atoms with E-state index in [0.29, 0.717) is 5.56 Å². The van der Waals surface area contributed by atoms with Gasteiger partial charge < -0.3 is 127 Å². The Hall–Kier alpha value is -6.80. The van der Waals surface area contributed by atoms with Gasteiger partial charge in [-0.3, -0.25) is 14.4 Å². The van der Waals surface area contributed by atoms with Crippen molar-refractivity contribution in [3.05, 3.63) is 100 Å². The fraction of sp³-hybridized carbons (Fsp3) is 0.593. The third-order valence-corrected chi connectivity index (χ3v) is 15.8. The van der Waals surface area contributed by atoms with E-state index in [1.807, 2.05) is 0 Å².